The Morgan fingerprint density at radius 3 is 2.19 bits per heavy atom. The number of pyridine rings is 1. The van der Waals surface area contributed by atoms with E-state index in [9.17, 15) is 8.42 Å². The molecule has 1 heterocycles. The van der Waals surface area contributed by atoms with E-state index in [4.69, 9.17) is 4.74 Å². The van der Waals surface area contributed by atoms with Gasteiger partial charge >= 0.3 is 0 Å². The maximum atomic E-state index is 12.9. The molecule has 6 nitrogen and oxygen atoms in total. The molecule has 0 unspecified atom stereocenters. The quantitative estimate of drug-likeness (QED) is 0.706. The van der Waals surface area contributed by atoms with Gasteiger partial charge in [0.05, 0.1) is 6.61 Å². The molecule has 0 aliphatic heterocycles. The highest BCUT2D eigenvalue weighted by atomic mass is 32.2. The summed E-state index contributed by atoms with van der Waals surface area (Å²) >= 11 is 0. The number of nitrogens with zero attached hydrogens (tertiary/aromatic N) is 2. The molecule has 0 saturated carbocycles. The number of hydrogen-bond donors (Lipinski definition) is 1. The second-order valence-electron chi connectivity index (χ2n) is 6.96. The van der Waals surface area contributed by atoms with E-state index in [1.165, 1.54) is 10.5 Å². The SMILES string of the molecule is COCc1ccccc1CNc1ccc(S(=O)(=O)N(C(C)C)C(C)C)cn1. The second kappa shape index (κ2) is 9.30. The van der Waals surface area contributed by atoms with E-state index in [0.29, 0.717) is 19.0 Å². The molecular formula is C20H29N3O3S. The van der Waals surface area contributed by atoms with Gasteiger partial charge < -0.3 is 10.1 Å². The van der Waals surface area contributed by atoms with Crippen LogP contribution in [0.3, 0.4) is 0 Å². The zero-order valence-corrected chi connectivity index (χ0v) is 17.5. The normalized spacial score (nSPS) is 12.1. The second-order valence-corrected chi connectivity index (χ2v) is 8.80. The van der Waals surface area contributed by atoms with E-state index in [2.05, 4.69) is 10.3 Å². The van der Waals surface area contributed by atoms with Crippen LogP contribution < -0.4 is 5.32 Å². The molecule has 0 bridgehead atoms. The molecule has 27 heavy (non-hydrogen) atoms. The average molecular weight is 392 g/mol. The monoisotopic (exact) mass is 391 g/mol. The van der Waals surface area contributed by atoms with Crippen LogP contribution in [-0.2, 0) is 27.9 Å². The summed E-state index contributed by atoms with van der Waals surface area (Å²) in [5.41, 5.74) is 2.22. The largest absolute Gasteiger partial charge is 0.380 e. The third kappa shape index (κ3) is 5.28. The maximum absolute atomic E-state index is 12.9. The lowest BCUT2D eigenvalue weighted by Crippen LogP contribution is -2.41. The lowest BCUT2D eigenvalue weighted by molar-refractivity contribution is 0.184. The summed E-state index contributed by atoms with van der Waals surface area (Å²) in [6.07, 6.45) is 1.41. The first-order chi connectivity index (χ1) is 12.8. The third-order valence-corrected chi connectivity index (χ3v) is 6.44. The molecule has 2 aromatic rings. The number of methoxy groups -OCH3 is 1. The smallest absolute Gasteiger partial charge is 0.245 e. The van der Waals surface area contributed by atoms with Crippen LogP contribution in [0.1, 0.15) is 38.8 Å². The Bertz CT molecular complexity index is 826. The number of ether oxygens (including phenoxy) is 1. The Morgan fingerprint density at radius 2 is 1.67 bits per heavy atom. The summed E-state index contributed by atoms with van der Waals surface area (Å²) in [5.74, 6) is 0.627. The number of sulfonamides is 1. The van der Waals surface area contributed by atoms with Crippen molar-refractivity contribution in [2.75, 3.05) is 12.4 Å². The van der Waals surface area contributed by atoms with Gasteiger partial charge in [-0.3, -0.25) is 0 Å². The zero-order valence-electron chi connectivity index (χ0n) is 16.6. The van der Waals surface area contributed by atoms with Crippen LogP contribution in [0.2, 0.25) is 0 Å². The molecule has 1 N–H and O–H groups in total. The Labute approximate surface area is 162 Å². The number of aromatic nitrogens is 1. The number of nitrogens with one attached hydrogen (secondary N) is 1. The molecule has 7 heteroatoms. The minimum absolute atomic E-state index is 0.120. The summed E-state index contributed by atoms with van der Waals surface area (Å²) < 4.78 is 32.5. The van der Waals surface area contributed by atoms with E-state index < -0.39 is 10.0 Å². The molecular weight excluding hydrogens is 362 g/mol. The van der Waals surface area contributed by atoms with Gasteiger partial charge in [0, 0.05) is 31.9 Å². The molecule has 0 aliphatic carbocycles. The molecule has 0 atom stereocenters. The summed E-state index contributed by atoms with van der Waals surface area (Å²) in [6, 6.07) is 11.1. The molecule has 1 aromatic carbocycles. The minimum Gasteiger partial charge on any atom is -0.380 e. The lowest BCUT2D eigenvalue weighted by atomic mass is 10.1. The first-order valence-electron chi connectivity index (χ1n) is 9.06. The van der Waals surface area contributed by atoms with E-state index in [1.54, 1.807) is 19.2 Å². The highest BCUT2D eigenvalue weighted by Crippen LogP contribution is 2.21. The van der Waals surface area contributed by atoms with Crippen molar-refractivity contribution in [2.45, 2.75) is 57.8 Å². The number of benzene rings is 1. The van der Waals surface area contributed by atoms with Crippen molar-refractivity contribution in [3.8, 4) is 0 Å². The molecule has 2 rings (SSSR count). The zero-order chi connectivity index (χ0) is 20.0. The summed E-state index contributed by atoms with van der Waals surface area (Å²) in [5, 5.41) is 3.24. The molecule has 0 spiro atoms. The Balaban J connectivity index is 2.14. The third-order valence-electron chi connectivity index (χ3n) is 4.21. The van der Waals surface area contributed by atoms with Crippen molar-refractivity contribution in [3.05, 3.63) is 53.7 Å². The van der Waals surface area contributed by atoms with Crippen LogP contribution in [-0.4, -0.2) is 36.9 Å². The first kappa shape index (κ1) is 21.3. The van der Waals surface area contributed by atoms with Crippen LogP contribution in [0, 0.1) is 0 Å². The van der Waals surface area contributed by atoms with Gasteiger partial charge in [-0.15, -0.1) is 0 Å². The number of hydrogen-bond acceptors (Lipinski definition) is 5. The average Bonchev–Trinajstić information content (AvgIpc) is 2.60. The van der Waals surface area contributed by atoms with Crippen molar-refractivity contribution in [3.63, 3.8) is 0 Å². The van der Waals surface area contributed by atoms with Crippen molar-refractivity contribution in [1.82, 2.24) is 9.29 Å². The molecule has 0 saturated heterocycles. The Morgan fingerprint density at radius 1 is 1.04 bits per heavy atom. The van der Waals surface area contributed by atoms with Gasteiger partial charge in [-0.1, -0.05) is 24.3 Å². The van der Waals surface area contributed by atoms with Gasteiger partial charge in [-0.25, -0.2) is 13.4 Å². The van der Waals surface area contributed by atoms with Gasteiger partial charge in [-0.2, -0.15) is 4.31 Å². The maximum Gasteiger partial charge on any atom is 0.245 e. The summed E-state index contributed by atoms with van der Waals surface area (Å²) in [4.78, 5) is 4.49. The highest BCUT2D eigenvalue weighted by molar-refractivity contribution is 7.89. The number of anilines is 1. The summed E-state index contributed by atoms with van der Waals surface area (Å²) in [6.45, 7) is 8.62. The van der Waals surface area contributed by atoms with E-state index in [1.807, 2.05) is 52.0 Å². The predicted octanol–water partition coefficient (Wildman–Crippen LogP) is 3.65. The molecule has 148 valence electrons. The van der Waals surface area contributed by atoms with Crippen LogP contribution in [0.5, 0.6) is 0 Å². The van der Waals surface area contributed by atoms with Crippen molar-refractivity contribution in [1.29, 1.82) is 0 Å². The van der Waals surface area contributed by atoms with Crippen LogP contribution in [0.25, 0.3) is 0 Å². The predicted molar refractivity (Wildman–Crippen MR) is 108 cm³/mol. The fourth-order valence-electron chi connectivity index (χ4n) is 3.12. The lowest BCUT2D eigenvalue weighted by Gasteiger charge is -2.29. The van der Waals surface area contributed by atoms with Crippen molar-refractivity contribution >= 4 is 15.8 Å². The Kier molecular flexibility index (Phi) is 7.35. The van der Waals surface area contributed by atoms with Crippen LogP contribution >= 0.6 is 0 Å². The van der Waals surface area contributed by atoms with E-state index in [-0.39, 0.29) is 17.0 Å². The number of rotatable bonds is 9. The Hall–Kier alpha value is -1.96. The van der Waals surface area contributed by atoms with Crippen LogP contribution in [0.4, 0.5) is 5.82 Å². The fraction of sp³-hybridized carbons (Fsp3) is 0.450. The topological polar surface area (TPSA) is 71.5 Å². The minimum atomic E-state index is -3.57. The molecule has 0 fully saturated rings. The van der Waals surface area contributed by atoms with Crippen LogP contribution in [0.15, 0.2) is 47.5 Å². The standard InChI is InChI=1S/C20H29N3O3S/c1-15(2)23(16(3)4)27(24,25)19-10-11-20(22-13-19)21-12-17-8-6-7-9-18(17)14-26-5/h6-11,13,15-16H,12,14H2,1-5H3,(H,21,22). The molecule has 0 radical (unpaired) electrons. The first-order valence-corrected chi connectivity index (χ1v) is 10.5. The van der Waals surface area contributed by atoms with Gasteiger partial charge in [-0.05, 0) is 51.0 Å². The van der Waals surface area contributed by atoms with Gasteiger partial charge in [0.1, 0.15) is 10.7 Å². The molecule has 0 amide bonds. The van der Waals surface area contributed by atoms with Gasteiger partial charge in [0.2, 0.25) is 10.0 Å². The molecule has 1 aromatic heterocycles. The van der Waals surface area contributed by atoms with Gasteiger partial charge in [0.25, 0.3) is 0 Å². The summed E-state index contributed by atoms with van der Waals surface area (Å²) in [7, 11) is -1.90. The van der Waals surface area contributed by atoms with Crippen molar-refractivity contribution < 1.29 is 13.2 Å². The van der Waals surface area contributed by atoms with E-state index in [0.717, 1.165) is 11.1 Å². The van der Waals surface area contributed by atoms with Gasteiger partial charge in [0.15, 0.2) is 0 Å². The van der Waals surface area contributed by atoms with Crippen molar-refractivity contribution in [2.24, 2.45) is 0 Å². The fourth-order valence-corrected chi connectivity index (χ4v) is 4.90. The highest BCUT2D eigenvalue weighted by Gasteiger charge is 2.29. The molecule has 0 aliphatic rings. The van der Waals surface area contributed by atoms with E-state index >= 15 is 0 Å².